The van der Waals surface area contributed by atoms with Crippen molar-refractivity contribution in [2.75, 3.05) is 26.2 Å². The molecule has 132 valence electrons. The Balaban J connectivity index is 1.44. The zero-order chi connectivity index (χ0) is 17.2. The van der Waals surface area contributed by atoms with Gasteiger partial charge in [-0.05, 0) is 65.7 Å². The summed E-state index contributed by atoms with van der Waals surface area (Å²) in [4.78, 5) is 14.3. The Morgan fingerprint density at radius 2 is 1.96 bits per heavy atom. The van der Waals surface area contributed by atoms with Gasteiger partial charge in [0.25, 0.3) is 0 Å². The van der Waals surface area contributed by atoms with E-state index in [9.17, 15) is 4.79 Å². The van der Waals surface area contributed by atoms with Crippen LogP contribution in [0.25, 0.3) is 0 Å². The molecule has 0 atom stereocenters. The Labute approximate surface area is 145 Å². The Hall–Kier alpha value is -1.55. The summed E-state index contributed by atoms with van der Waals surface area (Å²) in [6.07, 6.45) is 3.65. The van der Waals surface area contributed by atoms with E-state index in [-0.39, 0.29) is 17.0 Å². The molecule has 0 aromatic heterocycles. The summed E-state index contributed by atoms with van der Waals surface area (Å²) in [6, 6.07) is 8.46. The van der Waals surface area contributed by atoms with Crippen molar-refractivity contribution in [1.29, 1.82) is 0 Å². The van der Waals surface area contributed by atoms with Gasteiger partial charge in [0.2, 0.25) is 0 Å². The summed E-state index contributed by atoms with van der Waals surface area (Å²) in [5.74, 6) is 0.977. The van der Waals surface area contributed by atoms with Crippen LogP contribution >= 0.6 is 0 Å². The zero-order valence-electron chi connectivity index (χ0n) is 15.1. The van der Waals surface area contributed by atoms with Crippen LogP contribution in [0.4, 0.5) is 0 Å². The third-order valence-electron chi connectivity index (χ3n) is 5.05. The second-order valence-electron chi connectivity index (χ2n) is 8.10. The molecule has 24 heavy (non-hydrogen) atoms. The lowest BCUT2D eigenvalue weighted by atomic mass is 9.74. The number of rotatable bonds is 4. The van der Waals surface area contributed by atoms with Gasteiger partial charge in [0.05, 0.1) is 6.61 Å². The molecule has 1 fully saturated rings. The summed E-state index contributed by atoms with van der Waals surface area (Å²) in [5, 5.41) is 0. The second-order valence-corrected chi connectivity index (χ2v) is 8.10. The van der Waals surface area contributed by atoms with Crippen LogP contribution < -0.4 is 4.74 Å². The third kappa shape index (κ3) is 3.92. The summed E-state index contributed by atoms with van der Waals surface area (Å²) in [6.45, 7) is 9.68. The third-order valence-corrected chi connectivity index (χ3v) is 5.05. The van der Waals surface area contributed by atoms with Gasteiger partial charge < -0.3 is 14.4 Å². The normalized spacial score (nSPS) is 19.8. The highest BCUT2D eigenvalue weighted by Gasteiger charge is 2.42. The number of likely N-dealkylation sites (tertiary alicyclic amines) is 1. The molecule has 0 bridgehead atoms. The van der Waals surface area contributed by atoms with Crippen molar-refractivity contribution in [2.45, 2.75) is 57.5 Å². The molecule has 0 unspecified atom stereocenters. The van der Waals surface area contributed by atoms with Crippen LogP contribution in [0.3, 0.4) is 0 Å². The predicted molar refractivity (Wildman–Crippen MR) is 94.4 cm³/mol. The fraction of sp³-hybridized carbons (Fsp3) is 0.650. The number of piperidine rings is 1. The summed E-state index contributed by atoms with van der Waals surface area (Å²) in [5.41, 5.74) is 1.21. The summed E-state index contributed by atoms with van der Waals surface area (Å²) >= 11 is 0. The Morgan fingerprint density at radius 1 is 1.25 bits per heavy atom. The number of hydrogen-bond acceptors (Lipinski definition) is 4. The summed E-state index contributed by atoms with van der Waals surface area (Å²) in [7, 11) is 0. The van der Waals surface area contributed by atoms with Gasteiger partial charge in [-0.25, -0.2) is 0 Å². The largest absolute Gasteiger partial charge is 0.492 e. The molecule has 3 rings (SSSR count). The van der Waals surface area contributed by atoms with Crippen LogP contribution in [0.15, 0.2) is 24.3 Å². The lowest BCUT2D eigenvalue weighted by Crippen LogP contribution is -2.44. The number of esters is 1. The summed E-state index contributed by atoms with van der Waals surface area (Å²) < 4.78 is 11.3. The minimum Gasteiger partial charge on any atom is -0.492 e. The maximum Gasteiger partial charge on any atom is 0.306 e. The molecular weight excluding hydrogens is 302 g/mol. The van der Waals surface area contributed by atoms with E-state index in [2.05, 4.69) is 23.1 Å². The molecule has 4 heteroatoms. The van der Waals surface area contributed by atoms with Gasteiger partial charge in [-0.3, -0.25) is 4.79 Å². The molecule has 0 aliphatic carbocycles. The Morgan fingerprint density at radius 3 is 2.67 bits per heavy atom. The second kappa shape index (κ2) is 6.75. The van der Waals surface area contributed by atoms with Crippen molar-refractivity contribution in [3.05, 3.63) is 29.8 Å². The molecule has 4 nitrogen and oxygen atoms in total. The van der Waals surface area contributed by atoms with E-state index in [1.165, 1.54) is 5.56 Å². The molecule has 0 radical (unpaired) electrons. The molecule has 1 saturated heterocycles. The molecule has 0 saturated carbocycles. The molecule has 1 aromatic carbocycles. The van der Waals surface area contributed by atoms with Crippen molar-refractivity contribution in [3.63, 3.8) is 0 Å². The highest BCUT2D eigenvalue weighted by Crippen LogP contribution is 2.45. The first kappa shape index (κ1) is 17.3. The van der Waals surface area contributed by atoms with Crippen molar-refractivity contribution >= 4 is 5.97 Å². The average Bonchev–Trinajstić information content (AvgIpc) is 2.87. The monoisotopic (exact) mass is 331 g/mol. The Bertz CT molecular complexity index is 583. The lowest BCUT2D eigenvalue weighted by Gasteiger charge is -2.38. The minimum atomic E-state index is -0.384. The number of carbonyl (C=O) groups excluding carboxylic acids is 1. The van der Waals surface area contributed by atoms with E-state index < -0.39 is 0 Å². The van der Waals surface area contributed by atoms with Crippen molar-refractivity contribution in [2.24, 2.45) is 0 Å². The van der Waals surface area contributed by atoms with E-state index in [4.69, 9.17) is 9.47 Å². The van der Waals surface area contributed by atoms with Crippen LogP contribution in [-0.4, -0.2) is 42.7 Å². The van der Waals surface area contributed by atoms with E-state index in [0.717, 1.165) is 51.3 Å². The highest BCUT2D eigenvalue weighted by molar-refractivity contribution is 5.69. The Kier molecular flexibility index (Phi) is 4.86. The molecule has 1 spiro atoms. The van der Waals surface area contributed by atoms with Gasteiger partial charge >= 0.3 is 5.97 Å². The molecule has 1 aromatic rings. The van der Waals surface area contributed by atoms with Crippen molar-refractivity contribution < 1.29 is 14.3 Å². The first-order valence-electron chi connectivity index (χ1n) is 9.05. The van der Waals surface area contributed by atoms with E-state index >= 15 is 0 Å². The molecule has 0 N–H and O–H groups in total. The standard InChI is InChI=1S/C20H29NO3/c1-19(2,3)24-18(22)9-6-12-21-13-10-20(11-14-21)15-23-17-8-5-4-7-16(17)20/h4-5,7-8H,6,9-15H2,1-3H3. The van der Waals surface area contributed by atoms with E-state index in [1.807, 2.05) is 26.8 Å². The fourth-order valence-corrected chi connectivity index (χ4v) is 3.78. The number of nitrogens with zero attached hydrogens (tertiary/aromatic N) is 1. The van der Waals surface area contributed by atoms with Gasteiger partial charge in [-0.1, -0.05) is 18.2 Å². The van der Waals surface area contributed by atoms with Crippen LogP contribution in [0, 0.1) is 0 Å². The van der Waals surface area contributed by atoms with Crippen LogP contribution in [-0.2, 0) is 14.9 Å². The lowest BCUT2D eigenvalue weighted by molar-refractivity contribution is -0.155. The first-order chi connectivity index (χ1) is 11.4. The zero-order valence-corrected chi connectivity index (χ0v) is 15.1. The quantitative estimate of drug-likeness (QED) is 0.791. The predicted octanol–water partition coefficient (Wildman–Crippen LogP) is 3.53. The van der Waals surface area contributed by atoms with E-state index in [1.54, 1.807) is 0 Å². The van der Waals surface area contributed by atoms with Crippen LogP contribution in [0.2, 0.25) is 0 Å². The number of para-hydroxylation sites is 1. The molecule has 2 aliphatic heterocycles. The van der Waals surface area contributed by atoms with Crippen LogP contribution in [0.5, 0.6) is 5.75 Å². The van der Waals surface area contributed by atoms with Gasteiger partial charge in [-0.2, -0.15) is 0 Å². The SMILES string of the molecule is CC(C)(C)OC(=O)CCCN1CCC2(CC1)COc1ccccc12. The first-order valence-corrected chi connectivity index (χ1v) is 9.05. The van der Waals surface area contributed by atoms with Gasteiger partial charge in [0.1, 0.15) is 11.4 Å². The topological polar surface area (TPSA) is 38.8 Å². The number of fused-ring (bicyclic) bond motifs is 2. The maximum atomic E-state index is 11.8. The molecule has 2 heterocycles. The molecule has 0 amide bonds. The number of hydrogen-bond donors (Lipinski definition) is 0. The molecule has 2 aliphatic rings. The van der Waals surface area contributed by atoms with E-state index in [0.29, 0.717) is 6.42 Å². The highest BCUT2D eigenvalue weighted by atomic mass is 16.6. The number of benzene rings is 1. The minimum absolute atomic E-state index is 0.0888. The van der Waals surface area contributed by atoms with Gasteiger partial charge in [-0.15, -0.1) is 0 Å². The van der Waals surface area contributed by atoms with Gasteiger partial charge in [0, 0.05) is 17.4 Å². The smallest absolute Gasteiger partial charge is 0.306 e. The fourth-order valence-electron chi connectivity index (χ4n) is 3.78. The molecular formula is C20H29NO3. The van der Waals surface area contributed by atoms with Crippen molar-refractivity contribution in [3.8, 4) is 5.75 Å². The van der Waals surface area contributed by atoms with Crippen LogP contribution in [0.1, 0.15) is 52.0 Å². The van der Waals surface area contributed by atoms with Crippen molar-refractivity contribution in [1.82, 2.24) is 4.90 Å². The number of ether oxygens (including phenoxy) is 2. The number of carbonyl (C=O) groups is 1. The average molecular weight is 331 g/mol. The maximum absolute atomic E-state index is 11.8. The van der Waals surface area contributed by atoms with Gasteiger partial charge in [0.15, 0.2) is 0 Å².